The predicted octanol–water partition coefficient (Wildman–Crippen LogP) is 2.10. The van der Waals surface area contributed by atoms with Crippen molar-refractivity contribution in [2.45, 2.75) is 31.8 Å². The van der Waals surface area contributed by atoms with Gasteiger partial charge in [-0.1, -0.05) is 23.2 Å². The van der Waals surface area contributed by atoms with E-state index in [-0.39, 0.29) is 6.04 Å². The van der Waals surface area contributed by atoms with Gasteiger partial charge in [0.25, 0.3) is 0 Å². The summed E-state index contributed by atoms with van der Waals surface area (Å²) in [6, 6.07) is 2.38. The molecule has 0 radical (unpaired) electrons. The second-order valence-corrected chi connectivity index (χ2v) is 4.92. The van der Waals surface area contributed by atoms with E-state index in [0.717, 1.165) is 25.1 Å². The van der Waals surface area contributed by atoms with Crippen molar-refractivity contribution in [1.82, 2.24) is 10.2 Å². The first-order chi connectivity index (χ1) is 7.58. The number of anilines is 1. The third kappa shape index (κ3) is 2.39. The highest BCUT2D eigenvalue weighted by Crippen LogP contribution is 2.30. The molecule has 1 aliphatic heterocycles. The normalized spacial score (nSPS) is 25.9. The summed E-state index contributed by atoms with van der Waals surface area (Å²) in [6.45, 7) is 3.01. The Morgan fingerprint density at radius 3 is 2.88 bits per heavy atom. The zero-order chi connectivity index (χ0) is 11.7. The summed E-state index contributed by atoms with van der Waals surface area (Å²) < 4.78 is 0. The van der Waals surface area contributed by atoms with Crippen LogP contribution in [0, 0.1) is 0 Å². The summed E-state index contributed by atoms with van der Waals surface area (Å²) in [5.74, 6) is 0. The molecule has 88 valence electrons. The van der Waals surface area contributed by atoms with Gasteiger partial charge in [0.2, 0.25) is 0 Å². The van der Waals surface area contributed by atoms with Gasteiger partial charge in [-0.3, -0.25) is 0 Å². The molecule has 2 atom stereocenters. The van der Waals surface area contributed by atoms with Crippen molar-refractivity contribution in [3.63, 3.8) is 0 Å². The number of hydrogen-bond donors (Lipinski definition) is 1. The SMILES string of the molecule is CC1CC(N)CCN1c1cc(Cl)nnc1Cl. The van der Waals surface area contributed by atoms with Gasteiger partial charge in [0.1, 0.15) is 0 Å². The maximum absolute atomic E-state index is 6.03. The highest BCUT2D eigenvalue weighted by atomic mass is 35.5. The fraction of sp³-hybridized carbons (Fsp3) is 0.600. The maximum atomic E-state index is 6.03. The molecule has 1 saturated heterocycles. The van der Waals surface area contributed by atoms with E-state index in [1.54, 1.807) is 6.07 Å². The molecule has 2 unspecified atom stereocenters. The molecule has 2 N–H and O–H groups in total. The smallest absolute Gasteiger partial charge is 0.175 e. The van der Waals surface area contributed by atoms with Crippen LogP contribution in [0.1, 0.15) is 19.8 Å². The molecule has 1 aromatic heterocycles. The van der Waals surface area contributed by atoms with Crippen LogP contribution in [0.2, 0.25) is 10.3 Å². The van der Waals surface area contributed by atoms with E-state index in [0.29, 0.717) is 16.3 Å². The first-order valence-corrected chi connectivity index (χ1v) is 6.04. The molecule has 0 aromatic carbocycles. The molecule has 4 nitrogen and oxygen atoms in total. The molecule has 1 fully saturated rings. The van der Waals surface area contributed by atoms with Gasteiger partial charge >= 0.3 is 0 Å². The van der Waals surface area contributed by atoms with Gasteiger partial charge in [0, 0.05) is 24.7 Å². The molecule has 2 rings (SSSR count). The van der Waals surface area contributed by atoms with Gasteiger partial charge < -0.3 is 10.6 Å². The molecule has 2 heterocycles. The summed E-state index contributed by atoms with van der Waals surface area (Å²) in [4.78, 5) is 2.19. The number of hydrogen-bond acceptors (Lipinski definition) is 4. The molecule has 6 heteroatoms. The minimum atomic E-state index is 0.273. The van der Waals surface area contributed by atoms with Gasteiger partial charge in [0.15, 0.2) is 10.3 Å². The highest BCUT2D eigenvalue weighted by molar-refractivity contribution is 6.33. The van der Waals surface area contributed by atoms with Crippen LogP contribution in [-0.2, 0) is 0 Å². The zero-order valence-electron chi connectivity index (χ0n) is 9.03. The minimum Gasteiger partial charge on any atom is -0.366 e. The van der Waals surface area contributed by atoms with Crippen molar-refractivity contribution in [3.8, 4) is 0 Å². The number of nitrogens with two attached hydrogens (primary N) is 1. The van der Waals surface area contributed by atoms with E-state index < -0.39 is 0 Å². The van der Waals surface area contributed by atoms with Crippen molar-refractivity contribution in [1.29, 1.82) is 0 Å². The van der Waals surface area contributed by atoms with E-state index in [2.05, 4.69) is 22.0 Å². The summed E-state index contributed by atoms with van der Waals surface area (Å²) in [6.07, 6.45) is 1.91. The van der Waals surface area contributed by atoms with Crippen molar-refractivity contribution in [2.24, 2.45) is 5.73 Å². The quantitative estimate of drug-likeness (QED) is 0.841. The number of rotatable bonds is 1. The van der Waals surface area contributed by atoms with Crippen LogP contribution in [0.3, 0.4) is 0 Å². The second-order valence-electron chi connectivity index (χ2n) is 4.17. The summed E-state index contributed by atoms with van der Waals surface area (Å²) in [5.41, 5.74) is 6.77. The number of piperidine rings is 1. The van der Waals surface area contributed by atoms with Gasteiger partial charge in [-0.05, 0) is 19.8 Å². The van der Waals surface area contributed by atoms with Crippen LogP contribution in [0.4, 0.5) is 5.69 Å². The molecule has 0 aliphatic carbocycles. The van der Waals surface area contributed by atoms with Crippen molar-refractivity contribution in [2.75, 3.05) is 11.4 Å². The lowest BCUT2D eigenvalue weighted by Gasteiger charge is -2.38. The largest absolute Gasteiger partial charge is 0.366 e. The Morgan fingerprint density at radius 2 is 2.19 bits per heavy atom. The second kappa shape index (κ2) is 4.73. The van der Waals surface area contributed by atoms with E-state index in [4.69, 9.17) is 28.9 Å². The lowest BCUT2D eigenvalue weighted by Crippen LogP contribution is -2.45. The van der Waals surface area contributed by atoms with E-state index in [1.807, 2.05) is 0 Å². The van der Waals surface area contributed by atoms with Gasteiger partial charge in [-0.25, -0.2) is 0 Å². The molecule has 0 amide bonds. The Morgan fingerprint density at radius 1 is 1.44 bits per heavy atom. The first kappa shape index (κ1) is 11.9. The van der Waals surface area contributed by atoms with Crippen molar-refractivity contribution in [3.05, 3.63) is 16.4 Å². The predicted molar refractivity (Wildman–Crippen MR) is 66.1 cm³/mol. The van der Waals surface area contributed by atoms with Crippen LogP contribution in [0.5, 0.6) is 0 Å². The maximum Gasteiger partial charge on any atom is 0.175 e. The molecule has 0 spiro atoms. The van der Waals surface area contributed by atoms with Crippen molar-refractivity contribution < 1.29 is 0 Å². The summed E-state index contributed by atoms with van der Waals surface area (Å²) in [7, 11) is 0. The molecule has 16 heavy (non-hydrogen) atoms. The fourth-order valence-corrected chi connectivity index (χ4v) is 2.45. The first-order valence-electron chi connectivity index (χ1n) is 5.29. The number of nitrogens with zero attached hydrogens (tertiary/aromatic N) is 3. The zero-order valence-corrected chi connectivity index (χ0v) is 10.5. The fourth-order valence-electron chi connectivity index (χ4n) is 2.11. The third-order valence-corrected chi connectivity index (χ3v) is 3.38. The number of aromatic nitrogens is 2. The van der Waals surface area contributed by atoms with Crippen LogP contribution in [0.25, 0.3) is 0 Å². The molecule has 1 aromatic rings. The van der Waals surface area contributed by atoms with E-state index in [9.17, 15) is 0 Å². The molecule has 1 aliphatic rings. The Hall–Kier alpha value is -0.580. The average molecular weight is 261 g/mol. The van der Waals surface area contributed by atoms with Gasteiger partial charge in [-0.15, -0.1) is 10.2 Å². The van der Waals surface area contributed by atoms with E-state index >= 15 is 0 Å². The van der Waals surface area contributed by atoms with Crippen molar-refractivity contribution >= 4 is 28.9 Å². The molecular weight excluding hydrogens is 247 g/mol. The summed E-state index contributed by atoms with van der Waals surface area (Å²) in [5, 5.41) is 8.28. The van der Waals surface area contributed by atoms with Crippen LogP contribution >= 0.6 is 23.2 Å². The third-order valence-electron chi connectivity index (χ3n) is 2.93. The lowest BCUT2D eigenvalue weighted by molar-refractivity contribution is 0.429. The van der Waals surface area contributed by atoms with Crippen LogP contribution < -0.4 is 10.6 Å². The molecule has 0 saturated carbocycles. The Balaban J connectivity index is 2.26. The Labute approximate surface area is 105 Å². The highest BCUT2D eigenvalue weighted by Gasteiger charge is 2.25. The molecule has 0 bridgehead atoms. The van der Waals surface area contributed by atoms with Gasteiger partial charge in [0.05, 0.1) is 5.69 Å². The monoisotopic (exact) mass is 260 g/mol. The molecular formula is C10H14Cl2N4. The summed E-state index contributed by atoms with van der Waals surface area (Å²) >= 11 is 11.9. The standard InChI is InChI=1S/C10H14Cl2N4/c1-6-4-7(13)2-3-16(6)8-5-9(11)14-15-10(8)12/h5-7H,2-4,13H2,1H3. The van der Waals surface area contributed by atoms with Gasteiger partial charge in [-0.2, -0.15) is 0 Å². The van der Waals surface area contributed by atoms with Crippen LogP contribution in [-0.4, -0.2) is 28.8 Å². The Kier molecular flexibility index (Phi) is 3.52. The van der Waals surface area contributed by atoms with E-state index in [1.165, 1.54) is 0 Å². The minimum absolute atomic E-state index is 0.273. The topological polar surface area (TPSA) is 55.0 Å². The average Bonchev–Trinajstić information content (AvgIpc) is 2.22. The number of halogens is 2. The Bertz CT molecular complexity index is 385. The lowest BCUT2D eigenvalue weighted by atomic mass is 9.99. The van der Waals surface area contributed by atoms with Crippen LogP contribution in [0.15, 0.2) is 6.07 Å².